The summed E-state index contributed by atoms with van der Waals surface area (Å²) in [6.07, 6.45) is 1.55. The van der Waals surface area contributed by atoms with Gasteiger partial charge >= 0.3 is 6.03 Å². The first-order valence-corrected chi connectivity index (χ1v) is 10.4. The number of ether oxygens (including phenoxy) is 1. The van der Waals surface area contributed by atoms with Crippen LogP contribution in [0.4, 0.5) is 16.2 Å². The second-order valence-corrected chi connectivity index (χ2v) is 7.22. The maximum atomic E-state index is 12.5. The molecule has 1 heterocycles. The molecule has 1 aromatic heterocycles. The zero-order valence-electron chi connectivity index (χ0n) is 17.8. The highest BCUT2D eigenvalue weighted by Crippen LogP contribution is 2.17. The lowest BCUT2D eigenvalue weighted by atomic mass is 10.2. The Labute approximate surface area is 191 Å². The van der Waals surface area contributed by atoms with Gasteiger partial charge in [0, 0.05) is 16.9 Å². The second kappa shape index (κ2) is 10.7. The quantitative estimate of drug-likeness (QED) is 0.340. The van der Waals surface area contributed by atoms with Crippen LogP contribution in [0.5, 0.6) is 5.75 Å². The van der Waals surface area contributed by atoms with Crippen LogP contribution in [0.3, 0.4) is 0 Å². The third kappa shape index (κ3) is 6.48. The molecule has 0 bridgehead atoms. The predicted molar refractivity (Wildman–Crippen MR) is 126 cm³/mol. The molecule has 0 atom stereocenters. The van der Waals surface area contributed by atoms with E-state index in [0.29, 0.717) is 41.6 Å². The molecule has 7 heteroatoms. The van der Waals surface area contributed by atoms with Crippen molar-refractivity contribution in [1.82, 2.24) is 5.32 Å². The maximum Gasteiger partial charge on any atom is 0.319 e. The fraction of sp³-hybridized carbons (Fsp3) is 0.0769. The van der Waals surface area contributed by atoms with E-state index in [-0.39, 0.29) is 11.9 Å². The van der Waals surface area contributed by atoms with Crippen molar-refractivity contribution < 1.29 is 18.7 Å². The molecule has 0 unspecified atom stereocenters. The fourth-order valence-electron chi connectivity index (χ4n) is 3.04. The molecular weight excluding hydrogens is 418 g/mol. The van der Waals surface area contributed by atoms with Crippen molar-refractivity contribution >= 4 is 23.3 Å². The minimum atomic E-state index is -0.349. The Morgan fingerprint density at radius 3 is 2.12 bits per heavy atom. The predicted octanol–water partition coefficient (Wildman–Crippen LogP) is 5.43. The van der Waals surface area contributed by atoms with E-state index in [1.54, 1.807) is 66.9 Å². The van der Waals surface area contributed by atoms with Gasteiger partial charge in [-0.1, -0.05) is 30.3 Å². The highest BCUT2D eigenvalue weighted by atomic mass is 16.5. The Hall–Kier alpha value is -4.52. The first-order valence-electron chi connectivity index (χ1n) is 10.4. The third-order valence-electron chi connectivity index (χ3n) is 4.77. The number of urea groups is 1. The Bertz CT molecular complexity index is 1170. The molecule has 4 aromatic rings. The Morgan fingerprint density at radius 1 is 0.758 bits per heavy atom. The molecule has 0 aliphatic carbocycles. The molecule has 0 radical (unpaired) electrons. The monoisotopic (exact) mass is 441 g/mol. The summed E-state index contributed by atoms with van der Waals surface area (Å²) < 4.78 is 10.9. The highest BCUT2D eigenvalue weighted by Gasteiger charge is 2.08. The van der Waals surface area contributed by atoms with Crippen molar-refractivity contribution in [2.45, 2.75) is 13.2 Å². The summed E-state index contributed by atoms with van der Waals surface area (Å²) in [6.45, 7) is 0.761. The summed E-state index contributed by atoms with van der Waals surface area (Å²) in [4.78, 5) is 24.5. The van der Waals surface area contributed by atoms with Gasteiger partial charge in [0.15, 0.2) is 0 Å². The van der Waals surface area contributed by atoms with E-state index in [9.17, 15) is 9.59 Å². The fourth-order valence-corrected chi connectivity index (χ4v) is 3.04. The normalized spacial score (nSPS) is 10.3. The van der Waals surface area contributed by atoms with Crippen molar-refractivity contribution in [3.05, 3.63) is 114 Å². The molecule has 3 amide bonds. The largest absolute Gasteiger partial charge is 0.489 e. The van der Waals surface area contributed by atoms with E-state index in [1.807, 2.05) is 30.3 Å². The minimum absolute atomic E-state index is 0.235. The smallest absolute Gasteiger partial charge is 0.319 e. The first kappa shape index (κ1) is 21.7. The topological polar surface area (TPSA) is 92.6 Å². The Morgan fingerprint density at radius 2 is 1.45 bits per heavy atom. The van der Waals surface area contributed by atoms with Crippen molar-refractivity contribution in [3.8, 4) is 5.75 Å². The van der Waals surface area contributed by atoms with Gasteiger partial charge in [0.1, 0.15) is 18.1 Å². The zero-order chi connectivity index (χ0) is 22.9. The second-order valence-electron chi connectivity index (χ2n) is 7.22. The number of rotatable bonds is 8. The van der Waals surface area contributed by atoms with Crippen LogP contribution in [0.25, 0.3) is 0 Å². The Balaban J connectivity index is 1.25. The number of carbonyl (C=O) groups excluding carboxylic acids is 2. The number of carbonyl (C=O) groups is 2. The van der Waals surface area contributed by atoms with Crippen LogP contribution in [0.2, 0.25) is 0 Å². The number of anilines is 2. The first-order chi connectivity index (χ1) is 16.2. The summed E-state index contributed by atoms with van der Waals surface area (Å²) >= 11 is 0. The van der Waals surface area contributed by atoms with Gasteiger partial charge in [0.25, 0.3) is 5.91 Å². The van der Waals surface area contributed by atoms with Crippen LogP contribution in [-0.2, 0) is 13.2 Å². The molecule has 7 nitrogen and oxygen atoms in total. The number of nitrogens with one attached hydrogen (secondary N) is 3. The van der Waals surface area contributed by atoms with E-state index >= 15 is 0 Å². The zero-order valence-corrected chi connectivity index (χ0v) is 17.8. The average molecular weight is 441 g/mol. The van der Waals surface area contributed by atoms with Crippen LogP contribution >= 0.6 is 0 Å². The van der Waals surface area contributed by atoms with Crippen molar-refractivity contribution in [2.75, 3.05) is 10.6 Å². The number of furan rings is 1. The average Bonchev–Trinajstić information content (AvgIpc) is 3.37. The van der Waals surface area contributed by atoms with Gasteiger partial charge < -0.3 is 25.1 Å². The molecule has 166 valence electrons. The van der Waals surface area contributed by atoms with Gasteiger partial charge in [-0.3, -0.25) is 4.79 Å². The molecular formula is C26H23N3O4. The van der Waals surface area contributed by atoms with Crippen LogP contribution in [-0.4, -0.2) is 11.9 Å². The standard InChI is InChI=1S/C26H23N3O4/c30-25(20-8-14-23(15-9-20)33-18-19-5-2-1-3-6-19)28-21-10-12-22(13-11-21)29-26(31)27-17-24-7-4-16-32-24/h1-16H,17-18H2,(H,28,30)(H2,27,29,31). The third-order valence-corrected chi connectivity index (χ3v) is 4.77. The molecule has 33 heavy (non-hydrogen) atoms. The number of benzene rings is 3. The van der Waals surface area contributed by atoms with E-state index in [0.717, 1.165) is 5.56 Å². The van der Waals surface area contributed by atoms with Crippen molar-refractivity contribution in [1.29, 1.82) is 0 Å². The number of amides is 3. The van der Waals surface area contributed by atoms with Crippen molar-refractivity contribution in [2.24, 2.45) is 0 Å². The lowest BCUT2D eigenvalue weighted by Gasteiger charge is -2.10. The summed E-state index contributed by atoms with van der Waals surface area (Å²) in [6, 6.07) is 26.9. The summed E-state index contributed by atoms with van der Waals surface area (Å²) in [7, 11) is 0. The SMILES string of the molecule is O=C(NCc1ccco1)Nc1ccc(NC(=O)c2ccc(OCc3ccccc3)cc2)cc1. The van der Waals surface area contributed by atoms with E-state index in [1.165, 1.54) is 0 Å². The van der Waals surface area contributed by atoms with Gasteiger partial charge in [-0.15, -0.1) is 0 Å². The summed E-state index contributed by atoms with van der Waals surface area (Å²) in [5, 5.41) is 8.27. The van der Waals surface area contributed by atoms with Crippen LogP contribution < -0.4 is 20.7 Å². The van der Waals surface area contributed by atoms with Gasteiger partial charge in [-0.05, 0) is 66.2 Å². The molecule has 0 aliphatic rings. The molecule has 0 saturated heterocycles. The number of hydrogen-bond donors (Lipinski definition) is 3. The molecule has 4 rings (SSSR count). The molecule has 0 aliphatic heterocycles. The van der Waals surface area contributed by atoms with Crippen LogP contribution in [0.1, 0.15) is 21.7 Å². The van der Waals surface area contributed by atoms with E-state index in [4.69, 9.17) is 9.15 Å². The highest BCUT2D eigenvalue weighted by molar-refractivity contribution is 6.04. The van der Waals surface area contributed by atoms with Gasteiger partial charge in [0.05, 0.1) is 12.8 Å². The number of hydrogen-bond acceptors (Lipinski definition) is 4. The summed E-state index contributed by atoms with van der Waals surface area (Å²) in [5.74, 6) is 1.12. The van der Waals surface area contributed by atoms with Gasteiger partial charge in [-0.25, -0.2) is 4.79 Å². The molecule has 3 aromatic carbocycles. The lowest BCUT2D eigenvalue weighted by molar-refractivity contribution is 0.102. The Kier molecular flexibility index (Phi) is 7.02. The lowest BCUT2D eigenvalue weighted by Crippen LogP contribution is -2.27. The van der Waals surface area contributed by atoms with E-state index < -0.39 is 0 Å². The summed E-state index contributed by atoms with van der Waals surface area (Å²) in [5.41, 5.74) is 2.81. The van der Waals surface area contributed by atoms with Gasteiger partial charge in [0.2, 0.25) is 0 Å². The minimum Gasteiger partial charge on any atom is -0.489 e. The van der Waals surface area contributed by atoms with Crippen LogP contribution in [0.15, 0.2) is 102 Å². The maximum absolute atomic E-state index is 12.5. The molecule has 3 N–H and O–H groups in total. The van der Waals surface area contributed by atoms with Gasteiger partial charge in [-0.2, -0.15) is 0 Å². The molecule has 0 saturated carbocycles. The van der Waals surface area contributed by atoms with E-state index in [2.05, 4.69) is 16.0 Å². The van der Waals surface area contributed by atoms with Crippen molar-refractivity contribution in [3.63, 3.8) is 0 Å². The van der Waals surface area contributed by atoms with Crippen LogP contribution in [0, 0.1) is 0 Å². The molecule has 0 spiro atoms. The molecule has 0 fully saturated rings.